The van der Waals surface area contributed by atoms with Gasteiger partial charge in [0.25, 0.3) is 0 Å². The molecular weight excluding hydrogens is 368 g/mol. The Kier molecular flexibility index (Phi) is 7.38. The highest BCUT2D eigenvalue weighted by atomic mass is 32.2. The summed E-state index contributed by atoms with van der Waals surface area (Å²) in [4.78, 5) is 23.3. The van der Waals surface area contributed by atoms with Crippen LogP contribution in [0.1, 0.15) is 50.7 Å². The molecule has 0 aromatic heterocycles. The SMILES string of the molecule is CC(C)C[C@@H](NC(=O)CCNS(=O)(=O)c1ccc2c(c1)CCCC2)C(=O)O. The van der Waals surface area contributed by atoms with Gasteiger partial charge in [-0.2, -0.15) is 0 Å². The molecule has 1 amide bonds. The van der Waals surface area contributed by atoms with Crippen molar-refractivity contribution in [2.24, 2.45) is 5.92 Å². The highest BCUT2D eigenvalue weighted by Crippen LogP contribution is 2.24. The van der Waals surface area contributed by atoms with Gasteiger partial charge in [0.15, 0.2) is 0 Å². The first-order valence-electron chi connectivity index (χ1n) is 9.32. The molecule has 3 N–H and O–H groups in total. The number of hydrogen-bond acceptors (Lipinski definition) is 4. The molecule has 0 aliphatic heterocycles. The Bertz CT molecular complexity index is 789. The van der Waals surface area contributed by atoms with Gasteiger partial charge in [-0.3, -0.25) is 4.79 Å². The predicted molar refractivity (Wildman–Crippen MR) is 102 cm³/mol. The van der Waals surface area contributed by atoms with Gasteiger partial charge >= 0.3 is 5.97 Å². The lowest BCUT2D eigenvalue weighted by Gasteiger charge is -2.17. The van der Waals surface area contributed by atoms with Crippen molar-refractivity contribution < 1.29 is 23.1 Å². The quantitative estimate of drug-likeness (QED) is 0.590. The summed E-state index contributed by atoms with van der Waals surface area (Å²) in [6.07, 6.45) is 4.25. The van der Waals surface area contributed by atoms with Crippen LogP contribution in [0.4, 0.5) is 0 Å². The Balaban J connectivity index is 1.89. The number of rotatable bonds is 9. The van der Waals surface area contributed by atoms with Crippen molar-refractivity contribution in [3.8, 4) is 0 Å². The summed E-state index contributed by atoms with van der Waals surface area (Å²) in [6, 6.07) is 4.20. The van der Waals surface area contributed by atoms with E-state index in [1.807, 2.05) is 19.9 Å². The second-order valence-corrected chi connectivity index (χ2v) is 9.14. The van der Waals surface area contributed by atoms with E-state index in [-0.39, 0.29) is 23.8 Å². The fourth-order valence-corrected chi connectivity index (χ4v) is 4.30. The molecule has 0 unspecified atom stereocenters. The lowest BCUT2D eigenvalue weighted by atomic mass is 9.92. The Morgan fingerprint density at radius 2 is 1.81 bits per heavy atom. The van der Waals surface area contributed by atoms with Crippen LogP contribution in [0.2, 0.25) is 0 Å². The van der Waals surface area contributed by atoms with E-state index in [1.165, 1.54) is 5.56 Å². The van der Waals surface area contributed by atoms with Gasteiger partial charge in [0.05, 0.1) is 4.90 Å². The first-order chi connectivity index (χ1) is 12.7. The van der Waals surface area contributed by atoms with Gasteiger partial charge in [-0.25, -0.2) is 17.9 Å². The Hall–Kier alpha value is -1.93. The first kappa shape index (κ1) is 21.4. The van der Waals surface area contributed by atoms with Gasteiger partial charge in [-0.15, -0.1) is 0 Å². The molecule has 1 aromatic carbocycles. The van der Waals surface area contributed by atoms with Gasteiger partial charge in [-0.05, 0) is 61.3 Å². The molecule has 1 aromatic rings. The average molecular weight is 397 g/mol. The molecule has 8 heteroatoms. The summed E-state index contributed by atoms with van der Waals surface area (Å²) in [6.45, 7) is 3.66. The molecule has 0 heterocycles. The normalized spacial score (nSPS) is 15.2. The lowest BCUT2D eigenvalue weighted by Crippen LogP contribution is -2.42. The Morgan fingerprint density at radius 1 is 1.15 bits per heavy atom. The average Bonchev–Trinajstić information content (AvgIpc) is 2.60. The Morgan fingerprint density at radius 3 is 2.44 bits per heavy atom. The zero-order valence-corrected chi connectivity index (χ0v) is 16.6. The smallest absolute Gasteiger partial charge is 0.326 e. The van der Waals surface area contributed by atoms with E-state index in [1.54, 1.807) is 12.1 Å². The number of hydrogen-bond donors (Lipinski definition) is 3. The van der Waals surface area contributed by atoms with Crippen LogP contribution in [-0.2, 0) is 32.5 Å². The number of fused-ring (bicyclic) bond motifs is 1. The fourth-order valence-electron chi connectivity index (χ4n) is 3.22. The number of carbonyl (C=O) groups excluding carboxylic acids is 1. The van der Waals surface area contributed by atoms with Crippen LogP contribution in [-0.4, -0.2) is 38.0 Å². The molecule has 0 saturated heterocycles. The topological polar surface area (TPSA) is 113 Å². The summed E-state index contributed by atoms with van der Waals surface area (Å²) in [7, 11) is -3.70. The molecular formula is C19H28N2O5S. The number of nitrogens with one attached hydrogen (secondary N) is 2. The molecule has 0 spiro atoms. The van der Waals surface area contributed by atoms with Crippen molar-refractivity contribution in [1.29, 1.82) is 0 Å². The minimum atomic E-state index is -3.70. The van der Waals surface area contributed by atoms with Crippen LogP contribution in [0.5, 0.6) is 0 Å². The van der Waals surface area contributed by atoms with E-state index < -0.39 is 27.9 Å². The third-order valence-electron chi connectivity index (χ3n) is 4.61. The third-order valence-corrected chi connectivity index (χ3v) is 6.07. The summed E-state index contributed by atoms with van der Waals surface area (Å²) in [5.41, 5.74) is 2.27. The molecule has 27 heavy (non-hydrogen) atoms. The summed E-state index contributed by atoms with van der Waals surface area (Å²) in [5, 5.41) is 11.6. The maximum absolute atomic E-state index is 12.4. The van der Waals surface area contributed by atoms with Crippen LogP contribution < -0.4 is 10.0 Å². The maximum Gasteiger partial charge on any atom is 0.326 e. The fraction of sp³-hybridized carbons (Fsp3) is 0.579. The van der Waals surface area contributed by atoms with E-state index in [4.69, 9.17) is 5.11 Å². The summed E-state index contributed by atoms with van der Waals surface area (Å²) < 4.78 is 27.3. The number of carboxylic acid groups (broad SMARTS) is 1. The second-order valence-electron chi connectivity index (χ2n) is 7.37. The van der Waals surface area contributed by atoms with Crippen LogP contribution >= 0.6 is 0 Å². The van der Waals surface area contributed by atoms with Crippen LogP contribution in [0.25, 0.3) is 0 Å². The van der Waals surface area contributed by atoms with Crippen molar-refractivity contribution >= 4 is 21.9 Å². The predicted octanol–water partition coefficient (Wildman–Crippen LogP) is 1.85. The van der Waals surface area contributed by atoms with E-state index in [0.29, 0.717) is 6.42 Å². The van der Waals surface area contributed by atoms with Crippen molar-refractivity contribution in [3.05, 3.63) is 29.3 Å². The van der Waals surface area contributed by atoms with Crippen LogP contribution in [0.15, 0.2) is 23.1 Å². The highest BCUT2D eigenvalue weighted by molar-refractivity contribution is 7.89. The van der Waals surface area contributed by atoms with E-state index in [0.717, 1.165) is 31.2 Å². The molecule has 0 fully saturated rings. The lowest BCUT2D eigenvalue weighted by molar-refractivity contribution is -0.142. The number of amides is 1. The van der Waals surface area contributed by atoms with Crippen molar-refractivity contribution in [3.63, 3.8) is 0 Å². The number of benzene rings is 1. The van der Waals surface area contributed by atoms with Crippen molar-refractivity contribution in [2.45, 2.75) is 63.3 Å². The van der Waals surface area contributed by atoms with Gasteiger partial charge in [0.1, 0.15) is 6.04 Å². The van der Waals surface area contributed by atoms with Crippen LogP contribution in [0.3, 0.4) is 0 Å². The van der Waals surface area contributed by atoms with Gasteiger partial charge < -0.3 is 10.4 Å². The van der Waals surface area contributed by atoms with Crippen LogP contribution in [0, 0.1) is 5.92 Å². The molecule has 150 valence electrons. The minimum Gasteiger partial charge on any atom is -0.480 e. The highest BCUT2D eigenvalue weighted by Gasteiger charge is 2.22. The molecule has 7 nitrogen and oxygen atoms in total. The molecule has 1 aliphatic carbocycles. The molecule has 0 radical (unpaired) electrons. The largest absolute Gasteiger partial charge is 0.480 e. The number of carboxylic acids is 1. The molecule has 1 atom stereocenters. The first-order valence-corrected chi connectivity index (χ1v) is 10.8. The number of aliphatic carboxylic acids is 1. The van der Waals surface area contributed by atoms with E-state index in [2.05, 4.69) is 10.0 Å². The molecule has 0 bridgehead atoms. The summed E-state index contributed by atoms with van der Waals surface area (Å²) in [5.74, 6) is -1.46. The maximum atomic E-state index is 12.4. The van der Waals surface area contributed by atoms with Gasteiger partial charge in [0, 0.05) is 13.0 Å². The van der Waals surface area contributed by atoms with E-state index >= 15 is 0 Å². The second kappa shape index (κ2) is 9.32. The summed E-state index contributed by atoms with van der Waals surface area (Å²) >= 11 is 0. The van der Waals surface area contributed by atoms with Crippen molar-refractivity contribution in [2.75, 3.05) is 6.54 Å². The van der Waals surface area contributed by atoms with Gasteiger partial charge in [0.2, 0.25) is 15.9 Å². The van der Waals surface area contributed by atoms with Gasteiger partial charge in [-0.1, -0.05) is 19.9 Å². The Labute approximate surface area is 160 Å². The molecule has 2 rings (SSSR count). The van der Waals surface area contributed by atoms with E-state index in [9.17, 15) is 18.0 Å². The standard InChI is InChI=1S/C19H28N2O5S/c1-13(2)11-17(19(23)24)21-18(22)9-10-20-27(25,26)16-8-7-14-5-3-4-6-15(14)12-16/h7-8,12-13,17,20H,3-6,9-11H2,1-2H3,(H,21,22)(H,23,24)/t17-/m1/s1. The molecule has 0 saturated carbocycles. The number of carbonyl (C=O) groups is 2. The zero-order chi connectivity index (χ0) is 20.0. The minimum absolute atomic E-state index is 0.0841. The number of aryl methyl sites for hydroxylation is 2. The van der Waals surface area contributed by atoms with Crippen molar-refractivity contribution in [1.82, 2.24) is 10.0 Å². The number of sulfonamides is 1. The monoisotopic (exact) mass is 396 g/mol. The zero-order valence-electron chi connectivity index (χ0n) is 15.8. The third kappa shape index (κ3) is 6.32. The molecule has 1 aliphatic rings.